The maximum atomic E-state index is 10.2. The molecule has 1 heterocycles. The highest BCUT2D eigenvalue weighted by Gasteiger charge is 2.07. The second-order valence-corrected chi connectivity index (χ2v) is 2.25. The standard InChI is InChI=1S/C8H11NO2/c1-3-6-7(4-2)11-8(5-10)9-6/h5H,3-4H2,1-2H3. The van der Waals surface area contributed by atoms with Crippen molar-refractivity contribution in [2.24, 2.45) is 0 Å². The van der Waals surface area contributed by atoms with E-state index in [1.165, 1.54) is 0 Å². The van der Waals surface area contributed by atoms with E-state index >= 15 is 0 Å². The lowest BCUT2D eigenvalue weighted by molar-refractivity contribution is 0.109. The summed E-state index contributed by atoms with van der Waals surface area (Å²) < 4.78 is 5.12. The molecule has 60 valence electrons. The lowest BCUT2D eigenvalue weighted by Crippen LogP contribution is -1.86. The van der Waals surface area contributed by atoms with Gasteiger partial charge in [-0.15, -0.1) is 0 Å². The third-order valence-corrected chi connectivity index (χ3v) is 1.55. The van der Waals surface area contributed by atoms with Gasteiger partial charge < -0.3 is 4.42 Å². The van der Waals surface area contributed by atoms with Crippen LogP contribution in [0.4, 0.5) is 0 Å². The number of carbonyl (C=O) groups excluding carboxylic acids is 1. The number of oxazole rings is 1. The minimum Gasteiger partial charge on any atom is -0.439 e. The van der Waals surface area contributed by atoms with E-state index < -0.39 is 0 Å². The van der Waals surface area contributed by atoms with Crippen molar-refractivity contribution < 1.29 is 9.21 Å². The molecule has 0 aliphatic carbocycles. The van der Waals surface area contributed by atoms with Crippen LogP contribution >= 0.6 is 0 Å². The van der Waals surface area contributed by atoms with Crippen molar-refractivity contribution in [2.75, 3.05) is 0 Å². The van der Waals surface area contributed by atoms with Gasteiger partial charge in [0.25, 0.3) is 5.89 Å². The van der Waals surface area contributed by atoms with Crippen molar-refractivity contribution in [1.29, 1.82) is 0 Å². The second-order valence-electron chi connectivity index (χ2n) is 2.25. The van der Waals surface area contributed by atoms with Crippen molar-refractivity contribution in [3.63, 3.8) is 0 Å². The number of hydrogen-bond acceptors (Lipinski definition) is 3. The molecule has 11 heavy (non-hydrogen) atoms. The van der Waals surface area contributed by atoms with Gasteiger partial charge in [0.15, 0.2) is 0 Å². The van der Waals surface area contributed by atoms with Crippen LogP contribution in [-0.4, -0.2) is 11.3 Å². The van der Waals surface area contributed by atoms with E-state index in [2.05, 4.69) is 4.98 Å². The summed E-state index contributed by atoms with van der Waals surface area (Å²) in [6.45, 7) is 3.97. The summed E-state index contributed by atoms with van der Waals surface area (Å²) in [4.78, 5) is 14.2. The maximum Gasteiger partial charge on any atom is 0.260 e. The van der Waals surface area contributed by atoms with Crippen LogP contribution in [0.2, 0.25) is 0 Å². The fraction of sp³-hybridized carbons (Fsp3) is 0.500. The van der Waals surface area contributed by atoms with Crippen LogP contribution in [0, 0.1) is 0 Å². The first-order valence-corrected chi connectivity index (χ1v) is 3.75. The molecule has 0 fully saturated rings. The number of rotatable bonds is 3. The van der Waals surface area contributed by atoms with Gasteiger partial charge in [-0.25, -0.2) is 4.98 Å². The molecule has 0 aliphatic rings. The van der Waals surface area contributed by atoms with Crippen LogP contribution in [0.5, 0.6) is 0 Å². The van der Waals surface area contributed by atoms with Crippen LogP contribution in [-0.2, 0) is 12.8 Å². The highest BCUT2D eigenvalue weighted by molar-refractivity contribution is 5.67. The molecule has 0 N–H and O–H groups in total. The Hall–Kier alpha value is -1.12. The molecule has 0 unspecified atom stereocenters. The van der Waals surface area contributed by atoms with Crippen molar-refractivity contribution in [2.45, 2.75) is 26.7 Å². The molecule has 3 heteroatoms. The van der Waals surface area contributed by atoms with Crippen LogP contribution in [0.3, 0.4) is 0 Å². The largest absolute Gasteiger partial charge is 0.439 e. The van der Waals surface area contributed by atoms with Gasteiger partial charge in [0.2, 0.25) is 6.29 Å². The molecule has 0 bridgehead atoms. The highest BCUT2D eigenvalue weighted by atomic mass is 16.4. The summed E-state index contributed by atoms with van der Waals surface area (Å²) in [6.07, 6.45) is 2.25. The van der Waals surface area contributed by atoms with Gasteiger partial charge in [-0.1, -0.05) is 13.8 Å². The van der Waals surface area contributed by atoms with Gasteiger partial charge in [0.1, 0.15) is 5.76 Å². The minimum atomic E-state index is 0.193. The Kier molecular flexibility index (Phi) is 2.41. The number of carbonyl (C=O) groups is 1. The molecule has 0 saturated carbocycles. The quantitative estimate of drug-likeness (QED) is 0.619. The first-order valence-electron chi connectivity index (χ1n) is 3.75. The average molecular weight is 153 g/mol. The normalized spacial score (nSPS) is 10.0. The molecule has 0 saturated heterocycles. The first-order chi connectivity index (χ1) is 5.31. The molecule has 0 amide bonds. The van der Waals surface area contributed by atoms with Crippen LogP contribution in [0.25, 0.3) is 0 Å². The van der Waals surface area contributed by atoms with Crippen molar-refractivity contribution >= 4 is 6.29 Å². The summed E-state index contributed by atoms with van der Waals surface area (Å²) in [6, 6.07) is 0. The lowest BCUT2D eigenvalue weighted by Gasteiger charge is -1.89. The van der Waals surface area contributed by atoms with Crippen LogP contribution in [0.1, 0.15) is 36.0 Å². The highest BCUT2D eigenvalue weighted by Crippen LogP contribution is 2.10. The smallest absolute Gasteiger partial charge is 0.260 e. The Bertz CT molecular complexity index is 231. The van der Waals surface area contributed by atoms with Crippen molar-refractivity contribution in [3.05, 3.63) is 17.3 Å². The molecule has 3 nitrogen and oxygen atoms in total. The third-order valence-electron chi connectivity index (χ3n) is 1.55. The second kappa shape index (κ2) is 3.32. The van der Waals surface area contributed by atoms with Gasteiger partial charge in [-0.3, -0.25) is 4.79 Å². The molecule has 1 aromatic heterocycles. The predicted molar refractivity (Wildman–Crippen MR) is 40.6 cm³/mol. The predicted octanol–water partition coefficient (Wildman–Crippen LogP) is 1.61. The monoisotopic (exact) mass is 153 g/mol. The Labute approximate surface area is 65.4 Å². The van der Waals surface area contributed by atoms with Crippen LogP contribution < -0.4 is 0 Å². The zero-order valence-corrected chi connectivity index (χ0v) is 6.76. The number of aldehydes is 1. The molecular weight excluding hydrogens is 142 g/mol. The summed E-state index contributed by atoms with van der Waals surface area (Å²) in [5, 5.41) is 0. The van der Waals surface area contributed by atoms with Gasteiger partial charge in [-0.2, -0.15) is 0 Å². The van der Waals surface area contributed by atoms with Gasteiger partial charge >= 0.3 is 0 Å². The zero-order chi connectivity index (χ0) is 8.27. The Morgan fingerprint density at radius 3 is 2.55 bits per heavy atom. The minimum absolute atomic E-state index is 0.193. The van der Waals surface area contributed by atoms with E-state index in [0.717, 1.165) is 24.3 Å². The first kappa shape index (κ1) is 7.98. The summed E-state index contributed by atoms with van der Waals surface area (Å²) in [5.41, 5.74) is 0.898. The molecule has 0 spiro atoms. The Balaban J connectivity index is 3.01. The topological polar surface area (TPSA) is 43.1 Å². The van der Waals surface area contributed by atoms with E-state index in [9.17, 15) is 4.79 Å². The number of aromatic nitrogens is 1. The van der Waals surface area contributed by atoms with E-state index in [4.69, 9.17) is 4.42 Å². The molecule has 0 atom stereocenters. The maximum absolute atomic E-state index is 10.2. The fourth-order valence-corrected chi connectivity index (χ4v) is 1.01. The SMILES string of the molecule is CCc1nc(C=O)oc1CC. The average Bonchev–Trinajstić information content (AvgIpc) is 2.46. The Morgan fingerprint density at radius 1 is 1.45 bits per heavy atom. The molecule has 1 rings (SSSR count). The molecule has 0 aromatic carbocycles. The van der Waals surface area contributed by atoms with Crippen molar-refractivity contribution in [3.8, 4) is 0 Å². The summed E-state index contributed by atoms with van der Waals surface area (Å²) in [5.74, 6) is 1.02. The fourth-order valence-electron chi connectivity index (χ4n) is 1.01. The number of nitrogens with zero attached hydrogens (tertiary/aromatic N) is 1. The van der Waals surface area contributed by atoms with E-state index in [1.807, 2.05) is 13.8 Å². The van der Waals surface area contributed by atoms with E-state index in [-0.39, 0.29) is 5.89 Å². The molecule has 0 radical (unpaired) electrons. The molecule has 0 aliphatic heterocycles. The lowest BCUT2D eigenvalue weighted by atomic mass is 10.2. The van der Waals surface area contributed by atoms with Crippen LogP contribution in [0.15, 0.2) is 4.42 Å². The molecule has 1 aromatic rings. The Morgan fingerprint density at radius 2 is 2.18 bits per heavy atom. The summed E-state index contributed by atoms with van der Waals surface area (Å²) >= 11 is 0. The number of hydrogen-bond donors (Lipinski definition) is 0. The van der Waals surface area contributed by atoms with Gasteiger partial charge in [0, 0.05) is 6.42 Å². The van der Waals surface area contributed by atoms with Gasteiger partial charge in [0.05, 0.1) is 5.69 Å². The number of aryl methyl sites for hydroxylation is 2. The van der Waals surface area contributed by atoms with Crippen molar-refractivity contribution in [1.82, 2.24) is 4.98 Å². The molecular formula is C8H11NO2. The summed E-state index contributed by atoms with van der Waals surface area (Å²) in [7, 11) is 0. The van der Waals surface area contributed by atoms with Gasteiger partial charge in [-0.05, 0) is 6.42 Å². The third kappa shape index (κ3) is 1.48. The van der Waals surface area contributed by atoms with E-state index in [0.29, 0.717) is 6.29 Å². The zero-order valence-electron chi connectivity index (χ0n) is 6.76. The van der Waals surface area contributed by atoms with E-state index in [1.54, 1.807) is 0 Å².